The molecule has 0 saturated heterocycles. The lowest BCUT2D eigenvalue weighted by molar-refractivity contribution is 0.0636. The quantitative estimate of drug-likeness (QED) is 0.184. The number of amides is 1. The first kappa shape index (κ1) is 32.5. The van der Waals surface area contributed by atoms with E-state index in [1.165, 1.54) is 48.5 Å². The Morgan fingerprint density at radius 1 is 0.739 bits per heavy atom. The summed E-state index contributed by atoms with van der Waals surface area (Å²) in [5.74, 6) is 0. The fraction of sp³-hybridized carbons (Fsp3) is 0.176. The molecule has 46 heavy (non-hydrogen) atoms. The number of benzene rings is 4. The van der Waals surface area contributed by atoms with Crippen LogP contribution in [-0.4, -0.2) is 28.5 Å². The molecule has 0 aliphatic rings. The summed E-state index contributed by atoms with van der Waals surface area (Å²) in [5.41, 5.74) is 1.24. The number of carbonyl (C=O) groups is 1. The molecule has 12 heteroatoms. The predicted molar refractivity (Wildman–Crippen MR) is 177 cm³/mol. The highest BCUT2D eigenvalue weighted by molar-refractivity contribution is 8.10. The van der Waals surface area contributed by atoms with Gasteiger partial charge in [-0.1, -0.05) is 47.5 Å². The van der Waals surface area contributed by atoms with E-state index < -0.39 is 37.4 Å². The third kappa shape index (κ3) is 6.82. The maximum atomic E-state index is 14.0. The van der Waals surface area contributed by atoms with Gasteiger partial charge in [0, 0.05) is 11.1 Å². The highest BCUT2D eigenvalue weighted by Gasteiger charge is 2.37. The Balaban J connectivity index is 1.60. The number of aryl methyl sites for hydroxylation is 2. The maximum absolute atomic E-state index is 14.0. The van der Waals surface area contributed by atoms with E-state index in [2.05, 4.69) is 5.32 Å². The second kappa shape index (κ2) is 12.1. The summed E-state index contributed by atoms with van der Waals surface area (Å²) < 4.78 is 67.3. The van der Waals surface area contributed by atoms with Crippen LogP contribution in [0, 0.1) is 13.8 Å². The average Bonchev–Trinajstić information content (AvgIpc) is 2.97. The van der Waals surface area contributed by atoms with Gasteiger partial charge in [0.2, 0.25) is 0 Å². The summed E-state index contributed by atoms with van der Waals surface area (Å²) in [4.78, 5) is 24.7. The first-order chi connectivity index (χ1) is 21.5. The zero-order valence-corrected chi connectivity index (χ0v) is 27.4. The largest absolute Gasteiger partial charge is 0.444 e. The monoisotopic (exact) mass is 660 g/mol. The Labute approximate surface area is 267 Å². The molecule has 0 saturated carbocycles. The number of hydrogen-bond donors (Lipinski definition) is 1. The van der Waals surface area contributed by atoms with E-state index in [1.807, 2.05) is 0 Å². The molecule has 0 spiro atoms. The molecule has 0 radical (unpaired) electrons. The van der Waals surface area contributed by atoms with E-state index in [-0.39, 0.29) is 32.0 Å². The fourth-order valence-electron chi connectivity index (χ4n) is 4.60. The van der Waals surface area contributed by atoms with Crippen molar-refractivity contribution in [2.24, 2.45) is 0 Å². The molecular formula is C34H32N2O8S2. The molecule has 0 atom stereocenters. The fourth-order valence-corrected chi connectivity index (χ4v) is 8.27. The molecule has 0 aliphatic carbocycles. The van der Waals surface area contributed by atoms with Crippen molar-refractivity contribution >= 4 is 48.5 Å². The molecule has 1 aromatic heterocycles. The van der Waals surface area contributed by atoms with Crippen LogP contribution in [0.4, 0.5) is 16.2 Å². The van der Waals surface area contributed by atoms with Crippen LogP contribution in [0.1, 0.15) is 31.9 Å². The third-order valence-electron chi connectivity index (χ3n) is 6.84. The van der Waals surface area contributed by atoms with Crippen LogP contribution in [-0.2, 0) is 24.8 Å². The number of nitrogens with zero attached hydrogens (tertiary/aromatic N) is 1. The maximum Gasteiger partial charge on any atom is 0.412 e. The van der Waals surface area contributed by atoms with Crippen molar-refractivity contribution in [2.75, 3.05) is 9.03 Å². The van der Waals surface area contributed by atoms with Gasteiger partial charge in [-0.2, -0.15) is 3.71 Å². The zero-order chi connectivity index (χ0) is 33.4. The molecule has 10 nitrogen and oxygen atoms in total. The van der Waals surface area contributed by atoms with Crippen LogP contribution in [0.25, 0.3) is 22.1 Å². The number of anilines is 2. The standard InChI is InChI=1S/C34H32N2O8S2/c1-22-6-15-28(16-7-22)45(39,40)36(46(41,42)29-17-8-23(2)9-18-29)27-14-19-31-25(20-27)21-30(32(37)43-31)24-10-12-26(13-11-24)35-33(38)44-34(3,4)5/h6-21H,1-5H3,(H,35,38). The van der Waals surface area contributed by atoms with Gasteiger partial charge in [-0.25, -0.2) is 26.4 Å². The van der Waals surface area contributed by atoms with Crippen LogP contribution < -0.4 is 14.7 Å². The van der Waals surface area contributed by atoms with Crippen LogP contribution in [0.2, 0.25) is 0 Å². The molecule has 238 valence electrons. The lowest BCUT2D eigenvalue weighted by Crippen LogP contribution is -2.37. The lowest BCUT2D eigenvalue weighted by atomic mass is 10.1. The molecule has 1 N–H and O–H groups in total. The molecule has 0 fully saturated rings. The SMILES string of the molecule is Cc1ccc(S(=O)(=O)N(c2ccc3oc(=O)c(-c4ccc(NC(=O)OC(C)(C)C)cc4)cc3c2)S(=O)(=O)c2ccc(C)cc2)cc1. The number of sulfonamides is 2. The summed E-state index contributed by atoms with van der Waals surface area (Å²) in [6.07, 6.45) is -0.635. The summed E-state index contributed by atoms with van der Waals surface area (Å²) in [6, 6.07) is 23.6. The van der Waals surface area contributed by atoms with Crippen molar-refractivity contribution in [1.29, 1.82) is 0 Å². The van der Waals surface area contributed by atoms with Crippen molar-refractivity contribution in [2.45, 2.75) is 50.0 Å². The van der Waals surface area contributed by atoms with Gasteiger partial charge in [0.25, 0.3) is 20.0 Å². The third-order valence-corrected chi connectivity index (χ3v) is 11.1. The Morgan fingerprint density at radius 2 is 1.26 bits per heavy atom. The van der Waals surface area contributed by atoms with Crippen molar-refractivity contribution in [1.82, 2.24) is 0 Å². The number of hydrogen-bond acceptors (Lipinski definition) is 8. The van der Waals surface area contributed by atoms with Crippen LogP contribution >= 0.6 is 0 Å². The van der Waals surface area contributed by atoms with Crippen molar-refractivity contribution in [3.63, 3.8) is 0 Å². The first-order valence-electron chi connectivity index (χ1n) is 14.2. The van der Waals surface area contributed by atoms with Gasteiger partial charge in [-0.15, -0.1) is 0 Å². The minimum Gasteiger partial charge on any atom is -0.444 e. The molecular weight excluding hydrogens is 629 g/mol. The topological polar surface area (TPSA) is 140 Å². The van der Waals surface area contributed by atoms with Gasteiger partial charge in [0.05, 0.1) is 21.0 Å². The van der Waals surface area contributed by atoms with E-state index in [4.69, 9.17) is 9.15 Å². The Hall–Kier alpha value is -4.94. The van der Waals surface area contributed by atoms with E-state index in [0.717, 1.165) is 11.1 Å². The summed E-state index contributed by atoms with van der Waals surface area (Å²) in [6.45, 7) is 8.81. The Bertz CT molecular complexity index is 2130. The van der Waals surface area contributed by atoms with Crippen molar-refractivity contribution in [3.05, 3.63) is 119 Å². The highest BCUT2D eigenvalue weighted by atomic mass is 32.3. The average molecular weight is 661 g/mol. The number of fused-ring (bicyclic) bond motifs is 1. The van der Waals surface area contributed by atoms with Gasteiger partial charge < -0.3 is 9.15 Å². The van der Waals surface area contributed by atoms with Crippen molar-refractivity contribution < 1.29 is 30.8 Å². The number of rotatable bonds is 7. The second-order valence-electron chi connectivity index (χ2n) is 11.7. The van der Waals surface area contributed by atoms with Gasteiger partial charge in [-0.05, 0) is 101 Å². The Morgan fingerprint density at radius 3 is 1.76 bits per heavy atom. The smallest absolute Gasteiger partial charge is 0.412 e. The van der Waals surface area contributed by atoms with Gasteiger partial charge in [-0.3, -0.25) is 5.32 Å². The Kier molecular flexibility index (Phi) is 8.54. The van der Waals surface area contributed by atoms with E-state index in [9.17, 15) is 26.4 Å². The number of nitrogens with one attached hydrogen (secondary N) is 1. The van der Waals surface area contributed by atoms with Crippen molar-refractivity contribution in [3.8, 4) is 11.1 Å². The molecule has 0 bridgehead atoms. The van der Waals surface area contributed by atoms with Gasteiger partial charge in [0.1, 0.15) is 11.2 Å². The van der Waals surface area contributed by atoms with Crippen LogP contribution in [0.5, 0.6) is 0 Å². The minimum absolute atomic E-state index is 0.126. The van der Waals surface area contributed by atoms with Gasteiger partial charge >= 0.3 is 11.7 Å². The van der Waals surface area contributed by atoms with Gasteiger partial charge in [0.15, 0.2) is 0 Å². The normalized spacial score (nSPS) is 12.1. The molecule has 1 amide bonds. The van der Waals surface area contributed by atoms with E-state index in [0.29, 0.717) is 15.0 Å². The molecule has 4 aromatic carbocycles. The summed E-state index contributed by atoms with van der Waals surface area (Å²) >= 11 is 0. The van der Waals surface area contributed by atoms with Crippen LogP contribution in [0.3, 0.4) is 0 Å². The predicted octanol–water partition coefficient (Wildman–Crippen LogP) is 7.01. The first-order valence-corrected chi connectivity index (χ1v) is 17.0. The highest BCUT2D eigenvalue weighted by Crippen LogP contribution is 2.34. The molecule has 0 aliphatic heterocycles. The minimum atomic E-state index is -4.64. The summed E-state index contributed by atoms with van der Waals surface area (Å²) in [7, 11) is -9.29. The molecule has 0 unspecified atom stereocenters. The van der Waals surface area contributed by atoms with E-state index in [1.54, 1.807) is 83.1 Å². The van der Waals surface area contributed by atoms with E-state index >= 15 is 0 Å². The molecule has 1 heterocycles. The number of carbonyl (C=O) groups excluding carboxylic acids is 1. The number of ether oxygens (including phenoxy) is 1. The van der Waals surface area contributed by atoms with Crippen LogP contribution in [0.15, 0.2) is 116 Å². The molecule has 5 aromatic rings. The zero-order valence-electron chi connectivity index (χ0n) is 25.8. The second-order valence-corrected chi connectivity index (χ2v) is 15.5. The lowest BCUT2D eigenvalue weighted by Gasteiger charge is -2.24. The molecule has 5 rings (SSSR count). The summed E-state index contributed by atoms with van der Waals surface area (Å²) in [5, 5.41) is 2.90.